The third-order valence-electron chi connectivity index (χ3n) is 3.77. The number of rotatable bonds is 3. The molecule has 118 valence electrons. The van der Waals surface area contributed by atoms with Gasteiger partial charge in [0.25, 0.3) is 0 Å². The van der Waals surface area contributed by atoms with Crippen molar-refractivity contribution in [3.8, 4) is 5.75 Å². The minimum absolute atomic E-state index is 0.0677. The molecule has 1 aromatic carbocycles. The quantitative estimate of drug-likeness (QED) is 0.829. The van der Waals surface area contributed by atoms with Crippen molar-refractivity contribution in [1.29, 1.82) is 0 Å². The number of anilines is 1. The first-order chi connectivity index (χ1) is 10.5. The zero-order valence-electron chi connectivity index (χ0n) is 11.9. The van der Waals surface area contributed by atoms with Gasteiger partial charge in [-0.1, -0.05) is 23.5 Å². The van der Waals surface area contributed by atoms with E-state index in [4.69, 9.17) is 4.74 Å². The number of halogens is 3. The maximum Gasteiger partial charge on any atom is 0.427 e. The molecular weight excluding hydrogens is 313 g/mol. The standard InChI is InChI=1S/C15H15F3N2OS/c1-21-11-6-4-10(5-7-11)12-3-2-8-20(12)14-19-9-13(22-14)15(16,17)18/h4-7,9,12H,2-3,8H2,1H3. The van der Waals surface area contributed by atoms with Crippen molar-refractivity contribution in [2.45, 2.75) is 25.1 Å². The Kier molecular flexibility index (Phi) is 3.99. The number of ether oxygens (including phenoxy) is 1. The van der Waals surface area contributed by atoms with Crippen molar-refractivity contribution >= 4 is 16.5 Å². The van der Waals surface area contributed by atoms with Crippen molar-refractivity contribution in [2.24, 2.45) is 0 Å². The second-order valence-corrected chi connectivity index (χ2v) is 6.14. The zero-order valence-corrected chi connectivity index (χ0v) is 12.7. The summed E-state index contributed by atoms with van der Waals surface area (Å²) in [6, 6.07) is 7.72. The van der Waals surface area contributed by atoms with Crippen molar-refractivity contribution in [3.05, 3.63) is 40.9 Å². The molecule has 22 heavy (non-hydrogen) atoms. The Morgan fingerprint density at radius 3 is 2.59 bits per heavy atom. The van der Waals surface area contributed by atoms with Crippen LogP contribution < -0.4 is 9.64 Å². The summed E-state index contributed by atoms with van der Waals surface area (Å²) < 4.78 is 43.3. The molecule has 3 nitrogen and oxygen atoms in total. The summed E-state index contributed by atoms with van der Waals surface area (Å²) >= 11 is 0.708. The van der Waals surface area contributed by atoms with E-state index in [2.05, 4.69) is 4.98 Å². The molecule has 0 bridgehead atoms. The maximum atomic E-state index is 12.7. The third kappa shape index (κ3) is 2.90. The lowest BCUT2D eigenvalue weighted by molar-refractivity contribution is -0.134. The molecule has 0 radical (unpaired) electrons. The monoisotopic (exact) mass is 328 g/mol. The van der Waals surface area contributed by atoms with Crippen LogP contribution in [0.15, 0.2) is 30.5 Å². The largest absolute Gasteiger partial charge is 0.497 e. The first-order valence-electron chi connectivity index (χ1n) is 6.92. The van der Waals surface area contributed by atoms with E-state index in [0.717, 1.165) is 36.9 Å². The number of hydrogen-bond acceptors (Lipinski definition) is 4. The highest BCUT2D eigenvalue weighted by atomic mass is 32.1. The minimum Gasteiger partial charge on any atom is -0.497 e. The van der Waals surface area contributed by atoms with Gasteiger partial charge in [0, 0.05) is 6.54 Å². The minimum atomic E-state index is -4.33. The number of thiazole rings is 1. The Bertz CT molecular complexity index is 639. The van der Waals surface area contributed by atoms with Gasteiger partial charge in [-0.25, -0.2) is 4.98 Å². The van der Waals surface area contributed by atoms with Crippen molar-refractivity contribution in [1.82, 2.24) is 4.98 Å². The molecule has 1 aromatic heterocycles. The first kappa shape index (κ1) is 15.1. The summed E-state index contributed by atoms with van der Waals surface area (Å²) in [6.07, 6.45) is -1.56. The van der Waals surface area contributed by atoms with Gasteiger partial charge in [-0.05, 0) is 30.5 Å². The summed E-state index contributed by atoms with van der Waals surface area (Å²) in [4.78, 5) is 5.28. The van der Waals surface area contributed by atoms with Crippen LogP contribution in [0, 0.1) is 0 Å². The fourth-order valence-electron chi connectivity index (χ4n) is 2.70. The van der Waals surface area contributed by atoms with Gasteiger partial charge in [0.05, 0.1) is 19.3 Å². The van der Waals surface area contributed by atoms with Crippen LogP contribution in [0.25, 0.3) is 0 Å². The van der Waals surface area contributed by atoms with Crippen molar-refractivity contribution in [2.75, 3.05) is 18.6 Å². The second-order valence-electron chi connectivity index (χ2n) is 5.13. The smallest absolute Gasteiger partial charge is 0.427 e. The van der Waals surface area contributed by atoms with Gasteiger partial charge in [0.15, 0.2) is 5.13 Å². The Hall–Kier alpha value is -1.76. The molecule has 1 atom stereocenters. The number of methoxy groups -OCH3 is 1. The van der Waals surface area contributed by atoms with Gasteiger partial charge >= 0.3 is 6.18 Å². The third-order valence-corrected chi connectivity index (χ3v) is 4.85. The Labute approximate surface area is 130 Å². The van der Waals surface area contributed by atoms with Gasteiger partial charge in [-0.15, -0.1) is 0 Å². The predicted molar refractivity (Wildman–Crippen MR) is 79.4 cm³/mol. The molecule has 1 saturated heterocycles. The van der Waals surface area contributed by atoms with Crippen LogP contribution >= 0.6 is 11.3 Å². The lowest BCUT2D eigenvalue weighted by Gasteiger charge is -2.24. The second kappa shape index (κ2) is 5.79. The Morgan fingerprint density at radius 1 is 1.27 bits per heavy atom. The van der Waals surface area contributed by atoms with Crippen LogP contribution in [-0.4, -0.2) is 18.6 Å². The first-order valence-corrected chi connectivity index (χ1v) is 7.74. The van der Waals surface area contributed by atoms with E-state index < -0.39 is 11.1 Å². The molecule has 1 fully saturated rings. The molecule has 2 aromatic rings. The molecule has 0 N–H and O–H groups in total. The van der Waals surface area contributed by atoms with Gasteiger partial charge in [0.1, 0.15) is 10.6 Å². The maximum absolute atomic E-state index is 12.7. The van der Waals surface area contributed by atoms with E-state index in [-0.39, 0.29) is 6.04 Å². The normalized spacial score (nSPS) is 18.7. The van der Waals surface area contributed by atoms with Crippen molar-refractivity contribution < 1.29 is 17.9 Å². The fraction of sp³-hybridized carbons (Fsp3) is 0.400. The van der Waals surface area contributed by atoms with E-state index in [1.165, 1.54) is 0 Å². The van der Waals surface area contributed by atoms with Crippen LogP contribution in [0.4, 0.5) is 18.3 Å². The van der Waals surface area contributed by atoms with Crippen LogP contribution in [0.2, 0.25) is 0 Å². The van der Waals surface area contributed by atoms with Crippen LogP contribution in [0.5, 0.6) is 5.75 Å². The number of nitrogens with zero attached hydrogens (tertiary/aromatic N) is 2. The Morgan fingerprint density at radius 2 is 2.00 bits per heavy atom. The number of hydrogen-bond donors (Lipinski definition) is 0. The average molecular weight is 328 g/mol. The Balaban J connectivity index is 1.84. The number of benzene rings is 1. The molecule has 0 saturated carbocycles. The van der Waals surface area contributed by atoms with E-state index in [1.54, 1.807) is 7.11 Å². The fourth-order valence-corrected chi connectivity index (χ4v) is 3.56. The van der Waals surface area contributed by atoms with Gasteiger partial charge < -0.3 is 9.64 Å². The highest BCUT2D eigenvalue weighted by molar-refractivity contribution is 7.15. The summed E-state index contributed by atoms with van der Waals surface area (Å²) in [7, 11) is 1.60. The lowest BCUT2D eigenvalue weighted by atomic mass is 10.0. The average Bonchev–Trinajstić information content (AvgIpc) is 3.15. The van der Waals surface area contributed by atoms with Crippen LogP contribution in [-0.2, 0) is 6.18 Å². The SMILES string of the molecule is COc1ccc(C2CCCN2c2ncc(C(F)(F)F)s2)cc1. The summed E-state index contributed by atoms with van der Waals surface area (Å²) in [5.74, 6) is 0.766. The molecule has 1 aliphatic rings. The molecule has 1 unspecified atom stereocenters. The number of alkyl halides is 3. The summed E-state index contributed by atoms with van der Waals surface area (Å²) in [5.41, 5.74) is 1.07. The van der Waals surface area contributed by atoms with E-state index in [9.17, 15) is 13.2 Å². The van der Waals surface area contributed by atoms with Gasteiger partial charge in [-0.2, -0.15) is 13.2 Å². The van der Waals surface area contributed by atoms with Crippen LogP contribution in [0.1, 0.15) is 29.3 Å². The molecular formula is C15H15F3N2OS. The number of aromatic nitrogens is 1. The van der Waals surface area contributed by atoms with Crippen LogP contribution in [0.3, 0.4) is 0 Å². The van der Waals surface area contributed by atoms with Gasteiger partial charge in [-0.3, -0.25) is 0 Å². The molecule has 3 rings (SSSR count). The predicted octanol–water partition coefficient (Wildman–Crippen LogP) is 4.51. The molecule has 2 heterocycles. The lowest BCUT2D eigenvalue weighted by Crippen LogP contribution is -2.22. The molecule has 1 aliphatic heterocycles. The molecule has 0 amide bonds. The van der Waals surface area contributed by atoms with E-state index in [1.807, 2.05) is 29.2 Å². The highest BCUT2D eigenvalue weighted by Gasteiger charge is 2.35. The summed E-state index contributed by atoms with van der Waals surface area (Å²) in [6.45, 7) is 0.724. The molecule has 0 aliphatic carbocycles. The van der Waals surface area contributed by atoms with Crippen molar-refractivity contribution in [3.63, 3.8) is 0 Å². The molecule has 7 heteroatoms. The summed E-state index contributed by atoms with van der Waals surface area (Å²) in [5, 5.41) is 0.436. The topological polar surface area (TPSA) is 25.4 Å². The van der Waals surface area contributed by atoms with E-state index in [0.29, 0.717) is 16.5 Å². The molecule has 0 spiro atoms. The highest BCUT2D eigenvalue weighted by Crippen LogP contribution is 2.41. The zero-order chi connectivity index (χ0) is 15.7. The van der Waals surface area contributed by atoms with Gasteiger partial charge in [0.2, 0.25) is 0 Å². The van der Waals surface area contributed by atoms with E-state index >= 15 is 0 Å².